The van der Waals surface area contributed by atoms with Gasteiger partial charge in [-0.2, -0.15) is 5.26 Å². The smallest absolute Gasteiger partial charge is 0.267 e. The first-order valence-corrected chi connectivity index (χ1v) is 6.89. The molecule has 1 aromatic carbocycles. The lowest BCUT2D eigenvalue weighted by Crippen LogP contribution is -2.15. The maximum absolute atomic E-state index is 12.2. The second kappa shape index (κ2) is 7.61. The highest BCUT2D eigenvalue weighted by Gasteiger charge is 2.11. The van der Waals surface area contributed by atoms with Crippen LogP contribution in [0.2, 0.25) is 0 Å². The van der Waals surface area contributed by atoms with Crippen molar-refractivity contribution in [2.75, 3.05) is 17.7 Å². The van der Waals surface area contributed by atoms with E-state index in [1.54, 1.807) is 30.3 Å². The second-order valence-electron chi connectivity index (χ2n) is 4.63. The Morgan fingerprint density at radius 3 is 2.74 bits per heavy atom. The molecule has 2 rings (SSSR count). The number of nitriles is 1. The van der Waals surface area contributed by atoms with Crippen LogP contribution in [0, 0.1) is 18.3 Å². The summed E-state index contributed by atoms with van der Waals surface area (Å²) in [5.74, 6) is 0.548. The Bertz CT molecular complexity index is 778. The molecule has 1 amide bonds. The van der Waals surface area contributed by atoms with E-state index in [0.717, 1.165) is 5.69 Å². The number of nitrogens with one attached hydrogen (secondary N) is 2. The predicted octanol–water partition coefficient (Wildman–Crippen LogP) is 2.86. The van der Waals surface area contributed by atoms with Crippen molar-refractivity contribution < 1.29 is 9.53 Å². The minimum Gasteiger partial charge on any atom is -0.495 e. The number of amides is 1. The summed E-state index contributed by atoms with van der Waals surface area (Å²) in [4.78, 5) is 16.4. The van der Waals surface area contributed by atoms with E-state index < -0.39 is 5.91 Å². The number of pyridine rings is 1. The zero-order valence-electron chi connectivity index (χ0n) is 12.8. The molecule has 1 aromatic heterocycles. The molecule has 6 heteroatoms. The van der Waals surface area contributed by atoms with Gasteiger partial charge in [0.15, 0.2) is 0 Å². The van der Waals surface area contributed by atoms with Crippen LogP contribution >= 0.6 is 0 Å². The Balaban J connectivity index is 2.12. The molecule has 0 fully saturated rings. The molecule has 0 aliphatic carbocycles. The molecule has 2 N–H and O–H groups in total. The molecule has 0 aliphatic rings. The third-order valence-corrected chi connectivity index (χ3v) is 2.97. The van der Waals surface area contributed by atoms with E-state index in [4.69, 9.17) is 10.00 Å². The summed E-state index contributed by atoms with van der Waals surface area (Å²) < 4.78 is 5.16. The van der Waals surface area contributed by atoms with Gasteiger partial charge in [0.1, 0.15) is 23.2 Å². The Labute approximate surface area is 134 Å². The zero-order valence-corrected chi connectivity index (χ0v) is 12.8. The van der Waals surface area contributed by atoms with Crippen molar-refractivity contribution in [3.63, 3.8) is 0 Å². The molecule has 2 aromatic rings. The predicted molar refractivity (Wildman–Crippen MR) is 87.9 cm³/mol. The van der Waals surface area contributed by atoms with Crippen LogP contribution < -0.4 is 15.4 Å². The molecule has 0 aliphatic heterocycles. The molecule has 0 saturated heterocycles. The third kappa shape index (κ3) is 4.32. The summed E-state index contributed by atoms with van der Waals surface area (Å²) in [5.41, 5.74) is 1.26. The molecule has 23 heavy (non-hydrogen) atoms. The number of aryl methyl sites for hydroxylation is 1. The van der Waals surface area contributed by atoms with Crippen LogP contribution in [-0.4, -0.2) is 18.0 Å². The highest BCUT2D eigenvalue weighted by Crippen LogP contribution is 2.23. The molecule has 0 saturated carbocycles. The highest BCUT2D eigenvalue weighted by atomic mass is 16.5. The lowest BCUT2D eigenvalue weighted by molar-refractivity contribution is -0.112. The van der Waals surface area contributed by atoms with Gasteiger partial charge in [0.2, 0.25) is 0 Å². The van der Waals surface area contributed by atoms with Crippen molar-refractivity contribution in [3.8, 4) is 11.8 Å². The van der Waals surface area contributed by atoms with Gasteiger partial charge in [0.25, 0.3) is 5.91 Å². The first-order valence-electron chi connectivity index (χ1n) is 6.89. The maximum atomic E-state index is 12.2. The Hall–Kier alpha value is -3.33. The van der Waals surface area contributed by atoms with Gasteiger partial charge >= 0.3 is 0 Å². The number of aromatic nitrogens is 1. The van der Waals surface area contributed by atoms with Gasteiger partial charge in [0, 0.05) is 11.9 Å². The van der Waals surface area contributed by atoms with Crippen molar-refractivity contribution >= 4 is 17.4 Å². The van der Waals surface area contributed by atoms with Crippen molar-refractivity contribution in [1.82, 2.24) is 4.98 Å². The van der Waals surface area contributed by atoms with Crippen LogP contribution in [0.1, 0.15) is 5.69 Å². The average Bonchev–Trinajstić information content (AvgIpc) is 2.56. The molecule has 0 radical (unpaired) electrons. The number of ether oxygens (including phenoxy) is 1. The zero-order chi connectivity index (χ0) is 16.7. The fourth-order valence-electron chi connectivity index (χ4n) is 1.86. The van der Waals surface area contributed by atoms with E-state index in [-0.39, 0.29) is 5.57 Å². The number of rotatable bonds is 5. The lowest BCUT2D eigenvalue weighted by Gasteiger charge is -2.09. The number of methoxy groups -OCH3 is 1. The van der Waals surface area contributed by atoms with E-state index in [0.29, 0.717) is 17.3 Å². The summed E-state index contributed by atoms with van der Waals surface area (Å²) in [5, 5.41) is 14.7. The number of nitrogens with zero attached hydrogens (tertiary/aromatic N) is 2. The fourth-order valence-corrected chi connectivity index (χ4v) is 1.86. The summed E-state index contributed by atoms with van der Waals surface area (Å²) in [6.45, 7) is 1.86. The van der Waals surface area contributed by atoms with Crippen LogP contribution in [0.25, 0.3) is 0 Å². The topological polar surface area (TPSA) is 87.0 Å². The largest absolute Gasteiger partial charge is 0.495 e. The van der Waals surface area contributed by atoms with Crippen LogP contribution in [0.15, 0.2) is 54.2 Å². The van der Waals surface area contributed by atoms with Crippen molar-refractivity contribution in [1.29, 1.82) is 5.26 Å². The molecule has 1 heterocycles. The molecular formula is C17H16N4O2. The van der Waals surface area contributed by atoms with E-state index in [9.17, 15) is 4.79 Å². The van der Waals surface area contributed by atoms with Crippen molar-refractivity contribution in [2.45, 2.75) is 6.92 Å². The SMILES string of the molecule is COc1ccccc1NC(=O)/C(C#N)=C\Nc1cccc(C)n1. The van der Waals surface area contributed by atoms with Gasteiger partial charge in [-0.15, -0.1) is 0 Å². The molecular weight excluding hydrogens is 292 g/mol. The first kappa shape index (κ1) is 16.0. The van der Waals surface area contributed by atoms with E-state index in [2.05, 4.69) is 15.6 Å². The number of anilines is 2. The fraction of sp³-hybridized carbons (Fsp3) is 0.118. The third-order valence-electron chi connectivity index (χ3n) is 2.97. The Morgan fingerprint density at radius 1 is 1.26 bits per heavy atom. The van der Waals surface area contributed by atoms with Crippen molar-refractivity contribution in [3.05, 3.63) is 59.9 Å². The summed E-state index contributed by atoms with van der Waals surface area (Å²) in [7, 11) is 1.51. The number of hydrogen-bond acceptors (Lipinski definition) is 5. The lowest BCUT2D eigenvalue weighted by atomic mass is 10.2. The molecule has 0 bridgehead atoms. The van der Waals surface area contributed by atoms with Gasteiger partial charge in [-0.25, -0.2) is 4.98 Å². The van der Waals surface area contributed by atoms with Crippen LogP contribution in [0.5, 0.6) is 5.75 Å². The van der Waals surface area contributed by atoms with E-state index in [1.165, 1.54) is 13.3 Å². The quantitative estimate of drug-likeness (QED) is 0.655. The van der Waals surface area contributed by atoms with Gasteiger partial charge < -0.3 is 15.4 Å². The molecule has 116 valence electrons. The highest BCUT2D eigenvalue weighted by molar-refractivity contribution is 6.07. The average molecular weight is 308 g/mol. The molecule has 0 spiro atoms. The monoisotopic (exact) mass is 308 g/mol. The molecule has 0 atom stereocenters. The van der Waals surface area contributed by atoms with E-state index in [1.807, 2.05) is 25.1 Å². The van der Waals surface area contributed by atoms with E-state index >= 15 is 0 Å². The standard InChI is InChI=1S/C17H16N4O2/c1-12-6-5-9-16(20-12)19-11-13(10-18)17(22)21-14-7-3-4-8-15(14)23-2/h3-9,11H,1-2H3,(H,19,20)(H,21,22)/b13-11-. The van der Waals surface area contributed by atoms with Crippen LogP contribution in [0.4, 0.5) is 11.5 Å². The number of para-hydroxylation sites is 2. The number of benzene rings is 1. The van der Waals surface area contributed by atoms with Gasteiger partial charge in [-0.3, -0.25) is 4.79 Å². The summed E-state index contributed by atoms with van der Waals surface area (Å²) in [6, 6.07) is 14.3. The Kier molecular flexibility index (Phi) is 5.31. The van der Waals surface area contributed by atoms with Gasteiger partial charge in [0.05, 0.1) is 12.8 Å². The minimum absolute atomic E-state index is 0.0702. The minimum atomic E-state index is -0.530. The second-order valence-corrected chi connectivity index (χ2v) is 4.63. The number of carbonyl (C=O) groups is 1. The van der Waals surface area contributed by atoms with Crippen molar-refractivity contribution in [2.24, 2.45) is 0 Å². The molecule has 6 nitrogen and oxygen atoms in total. The number of hydrogen-bond donors (Lipinski definition) is 2. The van der Waals surface area contributed by atoms with Crippen LogP contribution in [-0.2, 0) is 4.79 Å². The summed E-state index contributed by atoms with van der Waals surface area (Å²) >= 11 is 0. The Morgan fingerprint density at radius 2 is 2.04 bits per heavy atom. The maximum Gasteiger partial charge on any atom is 0.267 e. The summed E-state index contributed by atoms with van der Waals surface area (Å²) in [6.07, 6.45) is 1.33. The normalized spacial score (nSPS) is 10.6. The van der Waals surface area contributed by atoms with Gasteiger partial charge in [-0.1, -0.05) is 18.2 Å². The van der Waals surface area contributed by atoms with Crippen LogP contribution in [0.3, 0.4) is 0 Å². The first-order chi connectivity index (χ1) is 11.1. The number of carbonyl (C=O) groups excluding carboxylic acids is 1. The van der Waals surface area contributed by atoms with Gasteiger partial charge in [-0.05, 0) is 31.2 Å². The molecule has 0 unspecified atom stereocenters.